The lowest BCUT2D eigenvalue weighted by atomic mass is 10.3. The molecule has 0 unspecified atom stereocenters. The predicted molar refractivity (Wildman–Crippen MR) is 106 cm³/mol. The Hall–Kier alpha value is -3.45. The Bertz CT molecular complexity index is 1050. The molecular formula is C20H17N3O3S. The van der Waals surface area contributed by atoms with Crippen molar-refractivity contribution < 1.29 is 13.2 Å². The van der Waals surface area contributed by atoms with Crippen molar-refractivity contribution in [1.29, 1.82) is 0 Å². The average molecular weight is 379 g/mol. The smallest absolute Gasteiger partial charge is 0.263 e. The molecule has 3 aromatic rings. The van der Waals surface area contributed by atoms with Crippen molar-refractivity contribution in [3.05, 3.63) is 90.8 Å². The normalized spacial score (nSPS) is 11.3. The number of pyridine rings is 1. The molecule has 6 nitrogen and oxygen atoms in total. The summed E-state index contributed by atoms with van der Waals surface area (Å²) in [6, 6.07) is 20.1. The molecule has 2 N–H and O–H groups in total. The Morgan fingerprint density at radius 3 is 2.33 bits per heavy atom. The molecule has 0 aliphatic heterocycles. The van der Waals surface area contributed by atoms with Crippen LogP contribution >= 0.6 is 0 Å². The van der Waals surface area contributed by atoms with Crippen LogP contribution in [0, 0.1) is 0 Å². The largest absolute Gasteiger partial charge is 0.321 e. The summed E-state index contributed by atoms with van der Waals surface area (Å²) in [6.45, 7) is 0. The maximum atomic E-state index is 12.7. The van der Waals surface area contributed by atoms with E-state index in [0.29, 0.717) is 11.4 Å². The molecule has 0 aliphatic carbocycles. The summed E-state index contributed by atoms with van der Waals surface area (Å²) < 4.78 is 27.9. The minimum Gasteiger partial charge on any atom is -0.321 e. The van der Waals surface area contributed by atoms with E-state index in [0.717, 1.165) is 0 Å². The summed E-state index contributed by atoms with van der Waals surface area (Å²) in [5.41, 5.74) is 1.25. The second-order valence-corrected chi connectivity index (χ2v) is 7.20. The third-order valence-electron chi connectivity index (χ3n) is 3.55. The molecule has 0 saturated carbocycles. The Kier molecular flexibility index (Phi) is 5.63. The molecular weight excluding hydrogens is 362 g/mol. The minimum atomic E-state index is -3.86. The van der Waals surface area contributed by atoms with Crippen molar-refractivity contribution in [1.82, 2.24) is 4.98 Å². The fourth-order valence-corrected chi connectivity index (χ4v) is 3.55. The fourth-order valence-electron chi connectivity index (χ4n) is 2.33. The molecule has 27 heavy (non-hydrogen) atoms. The topological polar surface area (TPSA) is 88.2 Å². The Morgan fingerprint density at radius 1 is 0.889 bits per heavy atom. The standard InChI is InChI=1S/C20H17N3O3S/c24-20(14-13-16-8-6-7-15-21-16)22-18-11-4-5-12-19(18)27(25,26)23-17-9-2-1-3-10-17/h1-15,23H,(H,22,24). The van der Waals surface area contributed by atoms with E-state index >= 15 is 0 Å². The number of aromatic nitrogens is 1. The van der Waals surface area contributed by atoms with Crippen LogP contribution in [-0.2, 0) is 14.8 Å². The van der Waals surface area contributed by atoms with Crippen molar-refractivity contribution in [2.75, 3.05) is 10.0 Å². The zero-order valence-electron chi connectivity index (χ0n) is 14.2. The van der Waals surface area contributed by atoms with Crippen LogP contribution in [0.2, 0.25) is 0 Å². The summed E-state index contributed by atoms with van der Waals surface area (Å²) in [5, 5.41) is 2.60. The highest BCUT2D eigenvalue weighted by atomic mass is 32.2. The first-order chi connectivity index (χ1) is 13.0. The number of para-hydroxylation sites is 2. The van der Waals surface area contributed by atoms with Gasteiger partial charge in [-0.25, -0.2) is 8.42 Å². The summed E-state index contributed by atoms with van der Waals surface area (Å²) in [7, 11) is -3.86. The SMILES string of the molecule is O=C(C=Cc1ccccn1)Nc1ccccc1S(=O)(=O)Nc1ccccc1. The predicted octanol–water partition coefficient (Wildman–Crippen LogP) is 3.53. The number of carbonyl (C=O) groups excluding carboxylic acids is 1. The highest BCUT2D eigenvalue weighted by molar-refractivity contribution is 7.92. The number of carbonyl (C=O) groups is 1. The van der Waals surface area contributed by atoms with E-state index in [4.69, 9.17) is 0 Å². The van der Waals surface area contributed by atoms with Crippen LogP contribution < -0.4 is 10.0 Å². The van der Waals surface area contributed by atoms with Crippen LogP contribution in [0.4, 0.5) is 11.4 Å². The Balaban J connectivity index is 1.79. The van der Waals surface area contributed by atoms with E-state index < -0.39 is 15.9 Å². The summed E-state index contributed by atoms with van der Waals surface area (Å²) in [5.74, 6) is -0.456. The van der Waals surface area contributed by atoms with Gasteiger partial charge in [-0.05, 0) is 42.5 Å². The molecule has 0 bridgehead atoms. The van der Waals surface area contributed by atoms with Crippen LogP contribution in [-0.4, -0.2) is 19.3 Å². The number of sulfonamides is 1. The van der Waals surface area contributed by atoms with E-state index in [1.54, 1.807) is 66.9 Å². The van der Waals surface area contributed by atoms with Crippen molar-refractivity contribution in [3.8, 4) is 0 Å². The minimum absolute atomic E-state index is 0.0200. The van der Waals surface area contributed by atoms with Gasteiger partial charge in [0, 0.05) is 18.0 Å². The van der Waals surface area contributed by atoms with Gasteiger partial charge in [0.25, 0.3) is 10.0 Å². The molecule has 0 aliphatic rings. The van der Waals surface area contributed by atoms with E-state index in [9.17, 15) is 13.2 Å². The molecule has 7 heteroatoms. The van der Waals surface area contributed by atoms with Crippen LogP contribution in [0.1, 0.15) is 5.69 Å². The van der Waals surface area contributed by atoms with Crippen molar-refractivity contribution in [2.45, 2.75) is 4.90 Å². The summed E-state index contributed by atoms with van der Waals surface area (Å²) >= 11 is 0. The van der Waals surface area contributed by atoms with Crippen molar-refractivity contribution in [3.63, 3.8) is 0 Å². The number of anilines is 2. The highest BCUT2D eigenvalue weighted by Crippen LogP contribution is 2.23. The van der Waals surface area contributed by atoms with E-state index in [-0.39, 0.29) is 10.6 Å². The second kappa shape index (κ2) is 8.29. The van der Waals surface area contributed by atoms with E-state index in [1.807, 2.05) is 6.07 Å². The third-order valence-corrected chi connectivity index (χ3v) is 4.99. The molecule has 1 heterocycles. The fraction of sp³-hybridized carbons (Fsp3) is 0. The summed E-state index contributed by atoms with van der Waals surface area (Å²) in [4.78, 5) is 16.3. The second-order valence-electron chi connectivity index (χ2n) is 5.54. The maximum absolute atomic E-state index is 12.7. The Morgan fingerprint density at radius 2 is 1.59 bits per heavy atom. The molecule has 1 amide bonds. The quantitative estimate of drug-likeness (QED) is 0.641. The molecule has 0 saturated heterocycles. The zero-order valence-corrected chi connectivity index (χ0v) is 15.1. The van der Waals surface area contributed by atoms with Gasteiger partial charge in [0.05, 0.1) is 11.4 Å². The number of hydrogen-bond donors (Lipinski definition) is 2. The first-order valence-corrected chi connectivity index (χ1v) is 9.60. The molecule has 0 fully saturated rings. The van der Waals surface area contributed by atoms with Gasteiger partial charge in [0.2, 0.25) is 5.91 Å². The lowest BCUT2D eigenvalue weighted by Crippen LogP contribution is -2.17. The molecule has 3 rings (SSSR count). The number of nitrogens with one attached hydrogen (secondary N) is 2. The van der Waals surface area contributed by atoms with Gasteiger partial charge in [0.1, 0.15) is 4.90 Å². The first-order valence-electron chi connectivity index (χ1n) is 8.11. The van der Waals surface area contributed by atoms with Gasteiger partial charge in [0.15, 0.2) is 0 Å². The van der Waals surface area contributed by atoms with Crippen LogP contribution in [0.3, 0.4) is 0 Å². The van der Waals surface area contributed by atoms with Gasteiger partial charge in [-0.15, -0.1) is 0 Å². The third kappa shape index (κ3) is 5.02. The molecule has 0 spiro atoms. The van der Waals surface area contributed by atoms with E-state index in [2.05, 4.69) is 15.0 Å². The molecule has 136 valence electrons. The van der Waals surface area contributed by atoms with Gasteiger partial charge < -0.3 is 5.32 Å². The Labute approximate surface area is 157 Å². The molecule has 0 atom stereocenters. The number of nitrogens with zero attached hydrogens (tertiary/aromatic N) is 1. The zero-order chi connectivity index (χ0) is 19.1. The molecule has 0 radical (unpaired) electrons. The van der Waals surface area contributed by atoms with E-state index in [1.165, 1.54) is 18.2 Å². The van der Waals surface area contributed by atoms with Crippen molar-refractivity contribution >= 4 is 33.4 Å². The average Bonchev–Trinajstić information content (AvgIpc) is 2.68. The monoisotopic (exact) mass is 379 g/mol. The van der Waals surface area contributed by atoms with Crippen LogP contribution in [0.5, 0.6) is 0 Å². The number of benzene rings is 2. The maximum Gasteiger partial charge on any atom is 0.263 e. The number of amides is 1. The first kappa shape index (κ1) is 18.3. The molecule has 1 aromatic heterocycles. The summed E-state index contributed by atoms with van der Waals surface area (Å²) in [6.07, 6.45) is 4.47. The van der Waals surface area contributed by atoms with Crippen LogP contribution in [0.15, 0.2) is 90.0 Å². The van der Waals surface area contributed by atoms with Gasteiger partial charge in [-0.1, -0.05) is 36.4 Å². The van der Waals surface area contributed by atoms with Gasteiger partial charge in [-0.3, -0.25) is 14.5 Å². The molecule has 2 aromatic carbocycles. The van der Waals surface area contributed by atoms with Gasteiger partial charge in [-0.2, -0.15) is 0 Å². The highest BCUT2D eigenvalue weighted by Gasteiger charge is 2.19. The van der Waals surface area contributed by atoms with Gasteiger partial charge >= 0.3 is 0 Å². The number of rotatable bonds is 6. The number of hydrogen-bond acceptors (Lipinski definition) is 4. The lowest BCUT2D eigenvalue weighted by molar-refractivity contribution is -0.111. The van der Waals surface area contributed by atoms with Crippen LogP contribution in [0.25, 0.3) is 6.08 Å². The van der Waals surface area contributed by atoms with Crippen molar-refractivity contribution in [2.24, 2.45) is 0 Å². The lowest BCUT2D eigenvalue weighted by Gasteiger charge is -2.12.